The molecule has 1 atom stereocenters. The number of benzene rings is 1. The molecule has 0 spiro atoms. The maximum Gasteiger partial charge on any atom is 0.261 e. The highest BCUT2D eigenvalue weighted by molar-refractivity contribution is 7.99. The van der Waals surface area contributed by atoms with Gasteiger partial charge < -0.3 is 5.32 Å². The first-order valence-corrected chi connectivity index (χ1v) is 7.87. The lowest BCUT2D eigenvalue weighted by atomic mass is 10.0. The molecule has 1 aliphatic rings. The van der Waals surface area contributed by atoms with Crippen LogP contribution in [0.25, 0.3) is 0 Å². The van der Waals surface area contributed by atoms with Gasteiger partial charge in [0, 0.05) is 10.6 Å². The Labute approximate surface area is 119 Å². The average molecular weight is 293 g/mol. The van der Waals surface area contributed by atoms with Crippen molar-refractivity contribution in [1.82, 2.24) is 5.32 Å². The lowest BCUT2D eigenvalue weighted by Crippen LogP contribution is -2.30. The summed E-state index contributed by atoms with van der Waals surface area (Å²) in [6.07, 6.45) is 0.832. The maximum absolute atomic E-state index is 13.4. The Morgan fingerprint density at radius 1 is 1.37 bits per heavy atom. The molecule has 0 radical (unpaired) electrons. The molecule has 0 saturated carbocycles. The maximum atomic E-state index is 13.4. The third-order valence-electron chi connectivity index (χ3n) is 3.06. The minimum Gasteiger partial charge on any atom is -0.344 e. The first kappa shape index (κ1) is 12.7. The number of hydrogen-bond acceptors (Lipinski definition) is 3. The number of thiophene rings is 1. The number of nitrogens with one attached hydrogen (secondary N) is 1. The molecule has 2 heterocycles. The van der Waals surface area contributed by atoms with E-state index >= 15 is 0 Å². The van der Waals surface area contributed by atoms with Crippen LogP contribution in [-0.2, 0) is 0 Å². The molecule has 1 aliphatic heterocycles. The van der Waals surface area contributed by atoms with Gasteiger partial charge in [0.2, 0.25) is 0 Å². The van der Waals surface area contributed by atoms with E-state index in [0.29, 0.717) is 4.88 Å². The summed E-state index contributed by atoms with van der Waals surface area (Å²) in [4.78, 5) is 13.8. The number of halogens is 1. The standard InChI is InChI=1S/C14H12FNOS2/c15-9-3-4-12-10(8-9)11(5-7-19-12)16-14(17)13-2-1-6-18-13/h1-4,6,8,11H,5,7H2,(H,16,17)/t11-/m0/s1. The Balaban J connectivity index is 1.84. The predicted octanol–water partition coefficient (Wildman–Crippen LogP) is 3.85. The predicted molar refractivity (Wildman–Crippen MR) is 76.3 cm³/mol. The van der Waals surface area contributed by atoms with Crippen LogP contribution in [0.1, 0.15) is 27.7 Å². The summed E-state index contributed by atoms with van der Waals surface area (Å²) in [7, 11) is 0. The molecule has 1 aromatic carbocycles. The van der Waals surface area contributed by atoms with Crippen LogP contribution in [0.15, 0.2) is 40.6 Å². The van der Waals surface area contributed by atoms with Gasteiger partial charge in [0.1, 0.15) is 5.82 Å². The number of carbonyl (C=O) groups is 1. The molecule has 0 aliphatic carbocycles. The Bertz CT molecular complexity index is 597. The van der Waals surface area contributed by atoms with Crippen molar-refractivity contribution in [2.75, 3.05) is 5.75 Å². The molecular formula is C14H12FNOS2. The molecule has 1 N–H and O–H groups in total. The van der Waals surface area contributed by atoms with Gasteiger partial charge in [-0.1, -0.05) is 6.07 Å². The molecule has 0 saturated heterocycles. The van der Waals surface area contributed by atoms with Crippen molar-refractivity contribution >= 4 is 29.0 Å². The van der Waals surface area contributed by atoms with Crippen LogP contribution < -0.4 is 5.32 Å². The number of fused-ring (bicyclic) bond motifs is 1. The molecule has 0 fully saturated rings. The average Bonchev–Trinajstić information content (AvgIpc) is 2.93. The van der Waals surface area contributed by atoms with Crippen molar-refractivity contribution in [1.29, 1.82) is 0 Å². The molecule has 5 heteroatoms. The Morgan fingerprint density at radius 2 is 2.26 bits per heavy atom. The smallest absolute Gasteiger partial charge is 0.261 e. The van der Waals surface area contributed by atoms with E-state index in [9.17, 15) is 9.18 Å². The molecule has 1 amide bonds. The van der Waals surface area contributed by atoms with Crippen LogP contribution in [0, 0.1) is 5.82 Å². The van der Waals surface area contributed by atoms with E-state index in [1.807, 2.05) is 11.4 Å². The van der Waals surface area contributed by atoms with Crippen molar-refractivity contribution in [2.24, 2.45) is 0 Å². The van der Waals surface area contributed by atoms with Gasteiger partial charge in [-0.2, -0.15) is 0 Å². The number of rotatable bonds is 2. The molecule has 0 unspecified atom stereocenters. The second kappa shape index (κ2) is 5.35. The second-order valence-corrected chi connectivity index (χ2v) is 6.41. The first-order chi connectivity index (χ1) is 9.24. The second-order valence-electron chi connectivity index (χ2n) is 4.32. The van der Waals surface area contributed by atoms with Crippen LogP contribution in [0.2, 0.25) is 0 Å². The molecule has 3 rings (SSSR count). The fraction of sp³-hybridized carbons (Fsp3) is 0.214. The zero-order valence-electron chi connectivity index (χ0n) is 10.1. The monoisotopic (exact) mass is 293 g/mol. The first-order valence-electron chi connectivity index (χ1n) is 6.00. The van der Waals surface area contributed by atoms with Crippen LogP contribution in [-0.4, -0.2) is 11.7 Å². The molecule has 0 bridgehead atoms. The highest BCUT2D eigenvalue weighted by Crippen LogP contribution is 2.36. The van der Waals surface area contributed by atoms with E-state index < -0.39 is 0 Å². The van der Waals surface area contributed by atoms with Gasteiger partial charge in [-0.05, 0) is 41.6 Å². The van der Waals surface area contributed by atoms with Crippen molar-refractivity contribution in [3.8, 4) is 0 Å². The topological polar surface area (TPSA) is 29.1 Å². The number of hydrogen-bond donors (Lipinski definition) is 1. The van der Waals surface area contributed by atoms with Crippen LogP contribution in [0.3, 0.4) is 0 Å². The Hall–Kier alpha value is -1.33. The third-order valence-corrected chi connectivity index (χ3v) is 5.05. The van der Waals surface area contributed by atoms with Crippen LogP contribution in [0.4, 0.5) is 4.39 Å². The SMILES string of the molecule is O=C(N[C@H]1CCSc2ccc(F)cc21)c1cccs1. The molecule has 98 valence electrons. The Kier molecular flexibility index (Phi) is 3.57. The largest absolute Gasteiger partial charge is 0.344 e. The summed E-state index contributed by atoms with van der Waals surface area (Å²) < 4.78 is 13.4. The highest BCUT2D eigenvalue weighted by Gasteiger charge is 2.23. The van der Waals surface area contributed by atoms with Crippen molar-refractivity contribution in [3.05, 3.63) is 52.0 Å². The van der Waals surface area contributed by atoms with E-state index in [4.69, 9.17) is 0 Å². The summed E-state index contributed by atoms with van der Waals surface area (Å²) in [5, 5.41) is 4.87. The zero-order chi connectivity index (χ0) is 13.2. The number of amides is 1. The van der Waals surface area contributed by atoms with Crippen molar-refractivity contribution < 1.29 is 9.18 Å². The summed E-state index contributed by atoms with van der Waals surface area (Å²) in [6, 6.07) is 8.34. The number of thioether (sulfide) groups is 1. The van der Waals surface area contributed by atoms with Gasteiger partial charge >= 0.3 is 0 Å². The lowest BCUT2D eigenvalue weighted by molar-refractivity contribution is 0.0939. The van der Waals surface area contributed by atoms with Crippen LogP contribution >= 0.6 is 23.1 Å². The fourth-order valence-corrected chi connectivity index (χ4v) is 3.88. The van der Waals surface area contributed by atoms with Crippen molar-refractivity contribution in [3.63, 3.8) is 0 Å². The normalized spacial score (nSPS) is 17.8. The summed E-state index contributed by atoms with van der Waals surface area (Å²) in [6.45, 7) is 0. The fourth-order valence-electron chi connectivity index (χ4n) is 2.15. The third kappa shape index (κ3) is 2.67. The molecule has 19 heavy (non-hydrogen) atoms. The summed E-state index contributed by atoms with van der Waals surface area (Å²) in [5.41, 5.74) is 0.890. The van der Waals surface area contributed by atoms with E-state index in [2.05, 4.69) is 5.32 Å². The van der Waals surface area contributed by atoms with Crippen LogP contribution in [0.5, 0.6) is 0 Å². The minimum atomic E-state index is -0.253. The summed E-state index contributed by atoms with van der Waals surface area (Å²) in [5.74, 6) is 0.604. The van der Waals surface area contributed by atoms with E-state index in [-0.39, 0.29) is 17.8 Å². The summed E-state index contributed by atoms with van der Waals surface area (Å²) >= 11 is 3.12. The van der Waals surface area contributed by atoms with E-state index in [1.165, 1.54) is 23.5 Å². The lowest BCUT2D eigenvalue weighted by Gasteiger charge is -2.25. The van der Waals surface area contributed by atoms with Gasteiger partial charge in [0.25, 0.3) is 5.91 Å². The zero-order valence-corrected chi connectivity index (χ0v) is 11.7. The molecular weight excluding hydrogens is 281 g/mol. The van der Waals surface area contributed by atoms with Gasteiger partial charge in [-0.25, -0.2) is 4.39 Å². The molecule has 1 aromatic heterocycles. The Morgan fingerprint density at radius 3 is 3.05 bits per heavy atom. The molecule has 2 nitrogen and oxygen atoms in total. The van der Waals surface area contributed by atoms with Crippen molar-refractivity contribution in [2.45, 2.75) is 17.4 Å². The minimum absolute atomic E-state index is 0.0814. The quantitative estimate of drug-likeness (QED) is 0.911. The van der Waals surface area contributed by atoms with E-state index in [1.54, 1.807) is 23.9 Å². The van der Waals surface area contributed by atoms with Gasteiger partial charge in [-0.15, -0.1) is 23.1 Å². The van der Waals surface area contributed by atoms with E-state index in [0.717, 1.165) is 22.6 Å². The highest BCUT2D eigenvalue weighted by atomic mass is 32.2. The van der Waals surface area contributed by atoms with Gasteiger partial charge in [0.05, 0.1) is 10.9 Å². The number of carbonyl (C=O) groups excluding carboxylic acids is 1. The van der Waals surface area contributed by atoms with Gasteiger partial charge in [-0.3, -0.25) is 4.79 Å². The van der Waals surface area contributed by atoms with Gasteiger partial charge in [0.15, 0.2) is 0 Å². The molecule has 2 aromatic rings.